The number of methoxy groups -OCH3 is 1. The predicted octanol–water partition coefficient (Wildman–Crippen LogP) is 3.24. The van der Waals surface area contributed by atoms with Gasteiger partial charge in [-0.05, 0) is 31.4 Å². The van der Waals surface area contributed by atoms with Crippen LogP contribution >= 0.6 is 11.3 Å². The number of ether oxygens (including phenoxy) is 1. The second-order valence-electron chi connectivity index (χ2n) is 7.93. The van der Waals surface area contributed by atoms with Crippen molar-refractivity contribution in [2.75, 3.05) is 27.2 Å². The lowest BCUT2D eigenvalue weighted by Crippen LogP contribution is -2.45. The summed E-state index contributed by atoms with van der Waals surface area (Å²) in [6.45, 7) is 1.90. The Morgan fingerprint density at radius 1 is 1.26 bits per heavy atom. The summed E-state index contributed by atoms with van der Waals surface area (Å²) < 4.78 is 7.00. The fourth-order valence-electron chi connectivity index (χ4n) is 4.15. The maximum Gasteiger partial charge on any atom is 0.323 e. The third-order valence-electron chi connectivity index (χ3n) is 5.93. The summed E-state index contributed by atoms with van der Waals surface area (Å²) in [7, 11) is 3.25. The van der Waals surface area contributed by atoms with Crippen LogP contribution in [0.3, 0.4) is 0 Å². The summed E-state index contributed by atoms with van der Waals surface area (Å²) >= 11 is 1.51. The van der Waals surface area contributed by atoms with Crippen molar-refractivity contribution in [1.82, 2.24) is 19.2 Å². The van der Waals surface area contributed by atoms with E-state index >= 15 is 0 Å². The van der Waals surface area contributed by atoms with Crippen molar-refractivity contribution in [2.45, 2.75) is 38.3 Å². The predicted molar refractivity (Wildman–Crippen MR) is 120 cm³/mol. The zero-order chi connectivity index (χ0) is 21.8. The molecule has 1 aliphatic rings. The Balaban J connectivity index is 1.55. The molecule has 3 aromatic rings. The third kappa shape index (κ3) is 4.65. The van der Waals surface area contributed by atoms with E-state index in [0.29, 0.717) is 18.8 Å². The van der Waals surface area contributed by atoms with Crippen LogP contribution in [-0.4, -0.2) is 64.3 Å². The van der Waals surface area contributed by atoms with E-state index in [1.54, 1.807) is 4.90 Å². The van der Waals surface area contributed by atoms with Gasteiger partial charge in [0, 0.05) is 31.7 Å². The molecule has 0 saturated carbocycles. The lowest BCUT2D eigenvalue weighted by atomic mass is 10.0. The van der Waals surface area contributed by atoms with E-state index in [2.05, 4.69) is 22.0 Å². The first-order valence-electron chi connectivity index (χ1n) is 10.6. The topological polar surface area (TPSA) is 67.2 Å². The molecular formula is C23H28N4O3S. The SMILES string of the molecule is COC(=O)C1CCCCN1Cc1c(C(=O)N(C)CCc2ccccc2)nc2sccn12. The summed E-state index contributed by atoms with van der Waals surface area (Å²) in [4.78, 5) is 34.9. The Labute approximate surface area is 186 Å². The van der Waals surface area contributed by atoms with Crippen LogP contribution in [0.25, 0.3) is 4.96 Å². The Hall–Kier alpha value is -2.71. The number of esters is 1. The second kappa shape index (κ2) is 9.62. The molecule has 0 aliphatic carbocycles. The molecule has 0 bridgehead atoms. The number of thiazole rings is 1. The van der Waals surface area contributed by atoms with Crippen LogP contribution in [0.15, 0.2) is 41.9 Å². The summed E-state index contributed by atoms with van der Waals surface area (Å²) in [6.07, 6.45) is 5.54. The van der Waals surface area contributed by atoms with Gasteiger partial charge in [0.05, 0.1) is 12.8 Å². The van der Waals surface area contributed by atoms with Crippen LogP contribution < -0.4 is 0 Å². The first-order valence-corrected chi connectivity index (χ1v) is 11.5. The first-order chi connectivity index (χ1) is 15.1. The Morgan fingerprint density at radius 3 is 2.84 bits per heavy atom. The number of amides is 1. The number of imidazole rings is 1. The molecule has 3 heterocycles. The minimum atomic E-state index is -0.276. The molecule has 7 nitrogen and oxygen atoms in total. The molecule has 1 aliphatic heterocycles. The van der Waals surface area contributed by atoms with Gasteiger partial charge in [0.15, 0.2) is 10.7 Å². The highest BCUT2D eigenvalue weighted by Crippen LogP contribution is 2.25. The summed E-state index contributed by atoms with van der Waals surface area (Å²) in [5, 5.41) is 1.97. The van der Waals surface area contributed by atoms with Gasteiger partial charge >= 0.3 is 5.97 Å². The van der Waals surface area contributed by atoms with Crippen molar-refractivity contribution in [2.24, 2.45) is 0 Å². The van der Waals surface area contributed by atoms with Gasteiger partial charge in [-0.25, -0.2) is 4.98 Å². The highest BCUT2D eigenvalue weighted by molar-refractivity contribution is 7.15. The number of likely N-dealkylation sites (tertiary alicyclic amines) is 1. The zero-order valence-corrected chi connectivity index (χ0v) is 18.8. The van der Waals surface area contributed by atoms with Gasteiger partial charge in [-0.3, -0.25) is 18.9 Å². The maximum absolute atomic E-state index is 13.3. The molecular weight excluding hydrogens is 412 g/mol. The van der Waals surface area contributed by atoms with E-state index < -0.39 is 0 Å². The van der Waals surface area contributed by atoms with Crippen LogP contribution in [0.2, 0.25) is 0 Å². The van der Waals surface area contributed by atoms with Crippen LogP contribution in [-0.2, 0) is 22.5 Å². The normalized spacial score (nSPS) is 17.0. The molecule has 0 radical (unpaired) electrons. The molecule has 1 amide bonds. The monoisotopic (exact) mass is 440 g/mol. The summed E-state index contributed by atoms with van der Waals surface area (Å²) in [5.41, 5.74) is 2.50. The first kappa shape index (κ1) is 21.5. The van der Waals surface area contributed by atoms with E-state index in [-0.39, 0.29) is 17.9 Å². The molecule has 4 rings (SSSR count). The number of piperidine rings is 1. The number of nitrogens with zero attached hydrogens (tertiary/aromatic N) is 4. The average Bonchev–Trinajstić information content (AvgIpc) is 3.40. The Kier molecular flexibility index (Phi) is 6.67. The highest BCUT2D eigenvalue weighted by Gasteiger charge is 2.32. The minimum Gasteiger partial charge on any atom is -0.468 e. The van der Waals surface area contributed by atoms with Gasteiger partial charge in [0.25, 0.3) is 5.91 Å². The van der Waals surface area contributed by atoms with E-state index in [9.17, 15) is 9.59 Å². The van der Waals surface area contributed by atoms with Crippen LogP contribution in [0.1, 0.15) is 41.0 Å². The quantitative estimate of drug-likeness (QED) is 0.528. The molecule has 1 atom stereocenters. The molecule has 1 fully saturated rings. The number of likely N-dealkylation sites (N-methyl/N-ethyl adjacent to an activating group) is 1. The number of benzene rings is 1. The number of fused-ring (bicyclic) bond motifs is 1. The van der Waals surface area contributed by atoms with Gasteiger partial charge in [-0.2, -0.15) is 0 Å². The molecule has 1 saturated heterocycles. The maximum atomic E-state index is 13.3. The fraction of sp³-hybridized carbons (Fsp3) is 0.435. The number of hydrogen-bond donors (Lipinski definition) is 0. The molecule has 31 heavy (non-hydrogen) atoms. The molecule has 0 spiro atoms. The largest absolute Gasteiger partial charge is 0.468 e. The van der Waals surface area contributed by atoms with E-state index in [0.717, 1.165) is 42.9 Å². The highest BCUT2D eigenvalue weighted by atomic mass is 32.1. The number of aromatic nitrogens is 2. The molecule has 1 aromatic carbocycles. The number of carbonyl (C=O) groups excluding carboxylic acids is 2. The second-order valence-corrected chi connectivity index (χ2v) is 8.80. The van der Waals surface area contributed by atoms with Crippen molar-refractivity contribution < 1.29 is 14.3 Å². The van der Waals surface area contributed by atoms with Crippen molar-refractivity contribution in [1.29, 1.82) is 0 Å². The smallest absolute Gasteiger partial charge is 0.323 e. The minimum absolute atomic E-state index is 0.0894. The fourth-order valence-corrected chi connectivity index (χ4v) is 4.89. The van der Waals surface area contributed by atoms with Crippen LogP contribution in [0, 0.1) is 0 Å². The summed E-state index contributed by atoms with van der Waals surface area (Å²) in [6, 6.07) is 9.87. The Morgan fingerprint density at radius 2 is 2.06 bits per heavy atom. The van der Waals surface area contributed by atoms with E-state index in [1.807, 2.05) is 41.2 Å². The van der Waals surface area contributed by atoms with Crippen LogP contribution in [0.4, 0.5) is 0 Å². The van der Waals surface area contributed by atoms with Crippen LogP contribution in [0.5, 0.6) is 0 Å². The van der Waals surface area contributed by atoms with E-state index in [1.165, 1.54) is 24.0 Å². The van der Waals surface area contributed by atoms with Gasteiger partial charge < -0.3 is 9.64 Å². The number of carbonyl (C=O) groups is 2. The number of rotatable bonds is 7. The Bertz CT molecular complexity index is 1050. The standard InChI is InChI=1S/C23H28N4O3S/c1-25(13-11-17-8-4-3-5-9-17)21(28)20-19(27-14-15-31-23(27)24-20)16-26-12-7-6-10-18(26)22(29)30-2/h3-5,8-9,14-15,18H,6-7,10-13,16H2,1-2H3. The van der Waals surface area contributed by atoms with Gasteiger partial charge in [0.1, 0.15) is 6.04 Å². The molecule has 2 aromatic heterocycles. The lowest BCUT2D eigenvalue weighted by Gasteiger charge is -2.33. The molecule has 1 unspecified atom stereocenters. The van der Waals surface area contributed by atoms with Gasteiger partial charge in [-0.15, -0.1) is 11.3 Å². The molecule has 0 N–H and O–H groups in total. The van der Waals surface area contributed by atoms with Crippen molar-refractivity contribution in [3.8, 4) is 0 Å². The lowest BCUT2D eigenvalue weighted by molar-refractivity contribution is -0.148. The van der Waals surface area contributed by atoms with Crippen molar-refractivity contribution >= 4 is 28.2 Å². The van der Waals surface area contributed by atoms with Crippen molar-refractivity contribution in [3.05, 3.63) is 58.9 Å². The van der Waals surface area contributed by atoms with Crippen molar-refractivity contribution in [3.63, 3.8) is 0 Å². The van der Waals surface area contributed by atoms with Gasteiger partial charge in [-0.1, -0.05) is 36.8 Å². The van der Waals surface area contributed by atoms with E-state index in [4.69, 9.17) is 4.74 Å². The zero-order valence-electron chi connectivity index (χ0n) is 18.0. The van der Waals surface area contributed by atoms with Gasteiger partial charge in [0.2, 0.25) is 0 Å². The number of hydrogen-bond acceptors (Lipinski definition) is 6. The molecule has 164 valence electrons. The average molecular weight is 441 g/mol. The molecule has 8 heteroatoms. The summed E-state index contributed by atoms with van der Waals surface area (Å²) in [5.74, 6) is -0.299. The third-order valence-corrected chi connectivity index (χ3v) is 6.69.